The van der Waals surface area contributed by atoms with Crippen LogP contribution in [0.5, 0.6) is 0 Å². The van der Waals surface area contributed by atoms with Crippen LogP contribution in [-0.4, -0.2) is 40.6 Å². The molecule has 0 heterocycles. The second-order valence-electron chi connectivity index (χ2n) is 6.23. The molecule has 6 nitrogen and oxygen atoms in total. The van der Waals surface area contributed by atoms with Crippen molar-refractivity contribution in [2.75, 3.05) is 0 Å². The molecule has 1 aliphatic carbocycles. The number of carboxylic acids is 1. The van der Waals surface area contributed by atoms with Gasteiger partial charge >= 0.3 is 18.1 Å². The third-order valence-electron chi connectivity index (χ3n) is 3.83. The average molecular weight is 350 g/mol. The number of amides is 2. The average Bonchev–Trinajstić information content (AvgIpc) is 2.39. The largest absolute Gasteiger partial charge is 0.481 e. The number of allylic oxidation sites excluding steroid dienone is 2. The summed E-state index contributed by atoms with van der Waals surface area (Å²) in [6, 6.07) is -0.720. The number of hydrogen-bond donors (Lipinski definition) is 3. The van der Waals surface area contributed by atoms with Crippen LogP contribution in [0.2, 0.25) is 0 Å². The molecule has 1 aliphatic rings. The van der Waals surface area contributed by atoms with Gasteiger partial charge in [-0.15, -0.1) is 0 Å². The Morgan fingerprint density at radius 3 is 2.08 bits per heavy atom. The predicted octanol–water partition coefficient (Wildman–Crippen LogP) is 1.76. The minimum Gasteiger partial charge on any atom is -0.481 e. The lowest BCUT2D eigenvalue weighted by molar-refractivity contribution is -0.176. The number of carbonyl (C=O) groups is 3. The topological polar surface area (TPSA) is 95.5 Å². The molecular formula is C15H21F3N2O4. The van der Waals surface area contributed by atoms with Gasteiger partial charge < -0.3 is 15.7 Å². The molecule has 0 aromatic heterocycles. The first-order valence-corrected chi connectivity index (χ1v) is 7.53. The smallest absolute Gasteiger partial charge is 0.471 e. The van der Waals surface area contributed by atoms with Crippen LogP contribution >= 0.6 is 0 Å². The van der Waals surface area contributed by atoms with E-state index in [2.05, 4.69) is 5.32 Å². The molecule has 2 amide bonds. The van der Waals surface area contributed by atoms with Gasteiger partial charge in [0.1, 0.15) is 5.54 Å². The van der Waals surface area contributed by atoms with Crippen molar-refractivity contribution >= 4 is 17.8 Å². The van der Waals surface area contributed by atoms with E-state index in [1.165, 1.54) is 0 Å². The summed E-state index contributed by atoms with van der Waals surface area (Å²) in [5, 5.41) is 13.4. The maximum atomic E-state index is 12.3. The standard InChI is InChI=1S/C15H21F3N2O4/c1-14(2,20-13(24)15(16,17)18)12(23)19-10-8-6-4-3-5-7-9(10)11(21)22/h3-4,9-10H,5-8H2,1-2H3,(H,19,23)(H,20,24)(H,21,22)/b4-3-/t9-,10+/m0/s1. The second-order valence-corrected chi connectivity index (χ2v) is 6.23. The zero-order chi connectivity index (χ0) is 18.5. The highest BCUT2D eigenvalue weighted by molar-refractivity contribution is 5.92. The number of alkyl halides is 3. The molecule has 0 bridgehead atoms. The number of halogens is 3. The van der Waals surface area contributed by atoms with Crippen LogP contribution in [0, 0.1) is 5.92 Å². The molecule has 0 radical (unpaired) electrons. The van der Waals surface area contributed by atoms with E-state index in [4.69, 9.17) is 0 Å². The summed E-state index contributed by atoms with van der Waals surface area (Å²) in [5.74, 6) is -5.00. The van der Waals surface area contributed by atoms with Crippen molar-refractivity contribution in [1.29, 1.82) is 0 Å². The quantitative estimate of drug-likeness (QED) is 0.673. The van der Waals surface area contributed by atoms with Crippen molar-refractivity contribution in [2.45, 2.75) is 57.3 Å². The molecule has 0 unspecified atom stereocenters. The molecule has 0 spiro atoms. The maximum Gasteiger partial charge on any atom is 0.471 e. The molecule has 0 aromatic rings. The van der Waals surface area contributed by atoms with Gasteiger partial charge in [-0.25, -0.2) is 0 Å². The summed E-state index contributed by atoms with van der Waals surface area (Å²) in [5.41, 5.74) is -1.83. The molecule has 9 heteroatoms. The fraction of sp³-hybridized carbons (Fsp3) is 0.667. The molecule has 24 heavy (non-hydrogen) atoms. The highest BCUT2D eigenvalue weighted by Crippen LogP contribution is 2.21. The van der Waals surface area contributed by atoms with Crippen LogP contribution in [0.15, 0.2) is 12.2 Å². The highest BCUT2D eigenvalue weighted by atomic mass is 19.4. The zero-order valence-corrected chi connectivity index (χ0v) is 13.4. The molecule has 136 valence electrons. The van der Waals surface area contributed by atoms with Crippen molar-refractivity contribution in [1.82, 2.24) is 10.6 Å². The van der Waals surface area contributed by atoms with Gasteiger partial charge in [0, 0.05) is 6.04 Å². The monoisotopic (exact) mass is 350 g/mol. The Labute approximate surface area is 137 Å². The number of rotatable bonds is 4. The normalized spacial score (nSPS) is 23.5. The summed E-state index contributed by atoms with van der Waals surface area (Å²) in [4.78, 5) is 34.7. The van der Waals surface area contributed by atoms with Crippen LogP contribution in [-0.2, 0) is 14.4 Å². The van der Waals surface area contributed by atoms with Crippen molar-refractivity contribution < 1.29 is 32.7 Å². The fourth-order valence-electron chi connectivity index (χ4n) is 2.42. The molecular weight excluding hydrogens is 329 g/mol. The molecule has 0 aromatic carbocycles. The minimum atomic E-state index is -5.10. The van der Waals surface area contributed by atoms with Crippen LogP contribution < -0.4 is 10.6 Å². The number of nitrogens with one attached hydrogen (secondary N) is 2. The maximum absolute atomic E-state index is 12.3. The number of carbonyl (C=O) groups excluding carboxylic acids is 2. The van der Waals surface area contributed by atoms with Crippen LogP contribution in [0.3, 0.4) is 0 Å². The Balaban J connectivity index is 2.83. The van der Waals surface area contributed by atoms with Gasteiger partial charge in [0.15, 0.2) is 0 Å². The fourth-order valence-corrected chi connectivity index (χ4v) is 2.42. The molecule has 0 saturated heterocycles. The van der Waals surface area contributed by atoms with Gasteiger partial charge in [-0.2, -0.15) is 13.2 Å². The molecule has 0 saturated carbocycles. The molecule has 0 fully saturated rings. The predicted molar refractivity (Wildman–Crippen MR) is 78.9 cm³/mol. The van der Waals surface area contributed by atoms with Crippen molar-refractivity contribution in [3.63, 3.8) is 0 Å². The van der Waals surface area contributed by atoms with E-state index in [9.17, 15) is 32.7 Å². The Kier molecular flexibility index (Phi) is 6.39. The lowest BCUT2D eigenvalue weighted by Gasteiger charge is -2.31. The summed E-state index contributed by atoms with van der Waals surface area (Å²) in [6.45, 7) is 2.26. The van der Waals surface area contributed by atoms with Gasteiger partial charge in [-0.3, -0.25) is 14.4 Å². The van der Waals surface area contributed by atoms with E-state index in [0.717, 1.165) is 13.8 Å². The summed E-state index contributed by atoms with van der Waals surface area (Å²) >= 11 is 0. The van der Waals surface area contributed by atoms with Gasteiger partial charge in [0.2, 0.25) is 5.91 Å². The Bertz CT molecular complexity index is 529. The summed E-state index contributed by atoms with van der Waals surface area (Å²) in [7, 11) is 0. The first-order valence-electron chi connectivity index (χ1n) is 7.53. The zero-order valence-electron chi connectivity index (χ0n) is 13.4. The number of hydrogen-bond acceptors (Lipinski definition) is 3. The van der Waals surface area contributed by atoms with E-state index >= 15 is 0 Å². The SMILES string of the molecule is CC(C)(NC(=O)C(F)(F)F)C(=O)N[C@@H]1CC/C=C\CC[C@@H]1C(=O)O. The van der Waals surface area contributed by atoms with E-state index in [1.807, 2.05) is 12.2 Å². The molecule has 2 atom stereocenters. The van der Waals surface area contributed by atoms with E-state index in [-0.39, 0.29) is 0 Å². The lowest BCUT2D eigenvalue weighted by Crippen LogP contribution is -2.60. The van der Waals surface area contributed by atoms with Gasteiger partial charge in [-0.1, -0.05) is 12.2 Å². The van der Waals surface area contributed by atoms with E-state index < -0.39 is 41.5 Å². The van der Waals surface area contributed by atoms with Gasteiger partial charge in [-0.05, 0) is 39.5 Å². The van der Waals surface area contributed by atoms with Gasteiger partial charge in [0.05, 0.1) is 5.92 Å². The minimum absolute atomic E-state index is 0.312. The number of carboxylic acid groups (broad SMARTS) is 1. The summed E-state index contributed by atoms with van der Waals surface area (Å²) < 4.78 is 37.0. The highest BCUT2D eigenvalue weighted by Gasteiger charge is 2.44. The van der Waals surface area contributed by atoms with Gasteiger partial charge in [0.25, 0.3) is 0 Å². The van der Waals surface area contributed by atoms with Crippen LogP contribution in [0.25, 0.3) is 0 Å². The number of aliphatic carboxylic acids is 1. The Morgan fingerprint density at radius 2 is 1.58 bits per heavy atom. The first kappa shape index (κ1) is 20.0. The summed E-state index contributed by atoms with van der Waals surface area (Å²) in [6.07, 6.45) is 0.373. The third-order valence-corrected chi connectivity index (χ3v) is 3.83. The Hall–Kier alpha value is -2.06. The van der Waals surface area contributed by atoms with Crippen molar-refractivity contribution in [3.05, 3.63) is 12.2 Å². The van der Waals surface area contributed by atoms with Crippen LogP contribution in [0.4, 0.5) is 13.2 Å². The van der Waals surface area contributed by atoms with Crippen molar-refractivity contribution in [3.8, 4) is 0 Å². The lowest BCUT2D eigenvalue weighted by atomic mass is 9.88. The molecule has 1 rings (SSSR count). The second kappa shape index (κ2) is 7.67. The van der Waals surface area contributed by atoms with E-state index in [0.29, 0.717) is 25.7 Å². The molecule has 0 aliphatic heterocycles. The van der Waals surface area contributed by atoms with Crippen molar-refractivity contribution in [2.24, 2.45) is 5.92 Å². The van der Waals surface area contributed by atoms with Crippen LogP contribution in [0.1, 0.15) is 39.5 Å². The first-order chi connectivity index (χ1) is 10.9. The van der Waals surface area contributed by atoms with E-state index in [1.54, 1.807) is 5.32 Å². The Morgan fingerprint density at radius 1 is 1.04 bits per heavy atom. The third kappa shape index (κ3) is 5.54. The molecule has 3 N–H and O–H groups in total.